The first kappa shape index (κ1) is 19.8. The Hall–Kier alpha value is -2.94. The molecule has 9 heteroatoms. The van der Waals surface area contributed by atoms with Gasteiger partial charge in [0.15, 0.2) is 6.10 Å². The molecule has 0 spiro atoms. The van der Waals surface area contributed by atoms with Gasteiger partial charge in [-0.25, -0.2) is 19.2 Å². The van der Waals surface area contributed by atoms with E-state index in [2.05, 4.69) is 31.2 Å². The highest BCUT2D eigenvalue weighted by atomic mass is 79.9. The minimum Gasteiger partial charge on any atom is -0.495 e. The van der Waals surface area contributed by atoms with Crippen LogP contribution in [0.3, 0.4) is 0 Å². The molecule has 146 valence electrons. The normalized spacial score (nSPS) is 11.9. The number of nitrogens with one attached hydrogen (secondary N) is 1. The average molecular weight is 450 g/mol. The van der Waals surface area contributed by atoms with Crippen LogP contribution in [0, 0.1) is 12.7 Å². The molecule has 1 aromatic heterocycles. The maximum absolute atomic E-state index is 13.7. The summed E-state index contributed by atoms with van der Waals surface area (Å²) in [5, 5.41) is 12.9. The highest BCUT2D eigenvalue weighted by molar-refractivity contribution is 9.10. The van der Waals surface area contributed by atoms with Crippen LogP contribution in [-0.4, -0.2) is 34.3 Å². The Morgan fingerprint density at radius 1 is 1.32 bits per heavy atom. The summed E-state index contributed by atoms with van der Waals surface area (Å²) in [6.45, 7) is 3.23. The molecule has 28 heavy (non-hydrogen) atoms. The monoisotopic (exact) mass is 449 g/mol. The number of carbonyl (C=O) groups is 1. The summed E-state index contributed by atoms with van der Waals surface area (Å²) in [5.41, 5.74) is 1.85. The zero-order chi connectivity index (χ0) is 20.4. The number of aromatic nitrogens is 2. The second-order valence-electron chi connectivity index (χ2n) is 6.00. The van der Waals surface area contributed by atoms with Crippen molar-refractivity contribution >= 4 is 44.3 Å². The maximum atomic E-state index is 13.7. The lowest BCUT2D eigenvalue weighted by atomic mass is 10.1. The van der Waals surface area contributed by atoms with Gasteiger partial charge < -0.3 is 19.9 Å². The van der Waals surface area contributed by atoms with Gasteiger partial charge in [0, 0.05) is 17.0 Å². The van der Waals surface area contributed by atoms with Crippen molar-refractivity contribution in [2.45, 2.75) is 20.0 Å². The van der Waals surface area contributed by atoms with Crippen LogP contribution in [0.4, 0.5) is 15.9 Å². The van der Waals surface area contributed by atoms with Crippen molar-refractivity contribution in [3.8, 4) is 11.5 Å². The average Bonchev–Trinajstić information content (AvgIpc) is 2.64. The zero-order valence-electron chi connectivity index (χ0n) is 15.3. The summed E-state index contributed by atoms with van der Waals surface area (Å²) in [5.74, 6) is -0.558. The Bertz CT molecular complexity index is 1060. The summed E-state index contributed by atoms with van der Waals surface area (Å²) in [4.78, 5) is 19.7. The lowest BCUT2D eigenvalue weighted by molar-refractivity contribution is -0.144. The van der Waals surface area contributed by atoms with Gasteiger partial charge in [0.1, 0.15) is 29.5 Å². The minimum absolute atomic E-state index is 0.0587. The molecule has 2 N–H and O–H groups in total. The number of ether oxygens (including phenoxy) is 2. The maximum Gasteiger partial charge on any atom is 0.344 e. The number of hydrogen-bond donors (Lipinski definition) is 2. The molecule has 0 aliphatic rings. The van der Waals surface area contributed by atoms with E-state index in [1.807, 2.05) is 13.0 Å². The van der Waals surface area contributed by atoms with Crippen LogP contribution in [0.15, 0.2) is 35.1 Å². The number of methoxy groups -OCH3 is 1. The quantitative estimate of drug-likeness (QED) is 0.574. The van der Waals surface area contributed by atoms with Crippen molar-refractivity contribution in [1.82, 2.24) is 9.97 Å². The third kappa shape index (κ3) is 3.84. The minimum atomic E-state index is -1.16. The first-order chi connectivity index (χ1) is 13.3. The van der Waals surface area contributed by atoms with E-state index in [-0.39, 0.29) is 5.75 Å². The SMILES string of the molecule is COc1c(Br)cc2ncnc(Nc3ccc(F)cc3O[C@H](C)C(=O)O)c2c1C. The van der Waals surface area contributed by atoms with E-state index in [4.69, 9.17) is 14.6 Å². The second-order valence-corrected chi connectivity index (χ2v) is 6.85. The van der Waals surface area contributed by atoms with Gasteiger partial charge in [0.25, 0.3) is 0 Å². The number of aliphatic carboxylic acids is 1. The fourth-order valence-electron chi connectivity index (χ4n) is 2.77. The molecule has 2 aromatic carbocycles. The molecular weight excluding hydrogens is 433 g/mol. The van der Waals surface area contributed by atoms with Crippen molar-refractivity contribution in [2.24, 2.45) is 0 Å². The van der Waals surface area contributed by atoms with Gasteiger partial charge in [0.2, 0.25) is 0 Å². The number of nitrogens with zero attached hydrogens (tertiary/aromatic N) is 2. The number of hydrogen-bond acceptors (Lipinski definition) is 6. The molecule has 0 aliphatic carbocycles. The first-order valence-corrected chi connectivity index (χ1v) is 9.05. The number of rotatable bonds is 6. The standard InChI is InChI=1S/C19H17BrFN3O4/c1-9-16-14(7-12(20)17(9)27-3)22-8-23-18(16)24-13-5-4-11(21)6-15(13)28-10(2)19(25)26/h4-8,10H,1-3H3,(H,25,26)(H,22,23,24)/t10-/m1/s1. The molecule has 3 rings (SSSR count). The Kier molecular flexibility index (Phi) is 5.64. The van der Waals surface area contributed by atoms with Crippen LogP contribution in [0.5, 0.6) is 11.5 Å². The van der Waals surface area contributed by atoms with Crippen LogP contribution in [-0.2, 0) is 4.79 Å². The lowest BCUT2D eigenvalue weighted by Gasteiger charge is -2.17. The summed E-state index contributed by atoms with van der Waals surface area (Å²) in [6.07, 6.45) is 0.245. The smallest absolute Gasteiger partial charge is 0.344 e. The molecule has 0 saturated carbocycles. The molecule has 1 heterocycles. The van der Waals surface area contributed by atoms with Crippen LogP contribution in [0.1, 0.15) is 12.5 Å². The van der Waals surface area contributed by atoms with E-state index < -0.39 is 17.9 Å². The largest absolute Gasteiger partial charge is 0.495 e. The predicted octanol–water partition coefficient (Wildman–Crippen LogP) is 4.44. The molecule has 0 amide bonds. The van der Waals surface area contributed by atoms with Gasteiger partial charge in [-0.1, -0.05) is 0 Å². The number of aryl methyl sites for hydroxylation is 1. The van der Waals surface area contributed by atoms with Gasteiger partial charge >= 0.3 is 5.97 Å². The molecule has 3 aromatic rings. The van der Waals surface area contributed by atoms with Crippen LogP contribution < -0.4 is 14.8 Å². The summed E-state index contributed by atoms with van der Waals surface area (Å²) >= 11 is 3.46. The zero-order valence-corrected chi connectivity index (χ0v) is 16.9. The molecule has 7 nitrogen and oxygen atoms in total. The molecule has 0 radical (unpaired) electrons. The molecule has 0 fully saturated rings. The van der Waals surface area contributed by atoms with Gasteiger partial charge in [0.05, 0.1) is 22.8 Å². The first-order valence-electron chi connectivity index (χ1n) is 8.25. The van der Waals surface area contributed by atoms with Crippen molar-refractivity contribution in [3.63, 3.8) is 0 Å². The fourth-order valence-corrected chi connectivity index (χ4v) is 3.44. The fraction of sp³-hybridized carbons (Fsp3) is 0.211. The van der Waals surface area contributed by atoms with E-state index in [1.54, 1.807) is 7.11 Å². The number of benzene rings is 2. The van der Waals surface area contributed by atoms with E-state index in [1.165, 1.54) is 25.4 Å². The lowest BCUT2D eigenvalue weighted by Crippen LogP contribution is -2.23. The van der Waals surface area contributed by atoms with Gasteiger partial charge in [-0.2, -0.15) is 0 Å². The number of anilines is 2. The predicted molar refractivity (Wildman–Crippen MR) is 106 cm³/mol. The van der Waals surface area contributed by atoms with E-state index in [0.717, 1.165) is 16.1 Å². The topological polar surface area (TPSA) is 93.6 Å². The molecular formula is C19H17BrFN3O4. The van der Waals surface area contributed by atoms with Gasteiger partial charge in [-0.05, 0) is 48.0 Å². The van der Waals surface area contributed by atoms with E-state index >= 15 is 0 Å². The van der Waals surface area contributed by atoms with Crippen LogP contribution in [0.2, 0.25) is 0 Å². The highest BCUT2D eigenvalue weighted by Crippen LogP contribution is 2.38. The van der Waals surface area contributed by atoms with Crippen LogP contribution in [0.25, 0.3) is 10.9 Å². The van der Waals surface area contributed by atoms with E-state index in [9.17, 15) is 9.18 Å². The molecule has 0 aliphatic heterocycles. The van der Waals surface area contributed by atoms with Crippen LogP contribution >= 0.6 is 15.9 Å². The third-order valence-electron chi connectivity index (χ3n) is 4.12. The van der Waals surface area contributed by atoms with Crippen molar-refractivity contribution in [2.75, 3.05) is 12.4 Å². The molecule has 1 atom stereocenters. The Morgan fingerprint density at radius 3 is 2.75 bits per heavy atom. The Morgan fingerprint density at radius 2 is 2.07 bits per heavy atom. The Labute approximate surface area is 168 Å². The van der Waals surface area contributed by atoms with Crippen molar-refractivity contribution < 1.29 is 23.8 Å². The highest BCUT2D eigenvalue weighted by Gasteiger charge is 2.18. The summed E-state index contributed by atoms with van der Waals surface area (Å²) < 4.78 is 25.3. The number of carboxylic acid groups (broad SMARTS) is 1. The molecule has 0 unspecified atom stereocenters. The Balaban J connectivity index is 2.10. The van der Waals surface area contributed by atoms with Crippen molar-refractivity contribution in [1.29, 1.82) is 0 Å². The number of halogens is 2. The number of carboxylic acids is 1. The number of fused-ring (bicyclic) bond motifs is 1. The third-order valence-corrected chi connectivity index (χ3v) is 4.71. The van der Waals surface area contributed by atoms with Crippen molar-refractivity contribution in [3.05, 3.63) is 46.4 Å². The van der Waals surface area contributed by atoms with Gasteiger partial charge in [-0.3, -0.25) is 0 Å². The molecule has 0 bridgehead atoms. The molecule has 0 saturated heterocycles. The van der Waals surface area contributed by atoms with E-state index in [0.29, 0.717) is 28.2 Å². The van der Waals surface area contributed by atoms with Gasteiger partial charge in [-0.15, -0.1) is 0 Å². The summed E-state index contributed by atoms with van der Waals surface area (Å²) in [6, 6.07) is 5.63. The second kappa shape index (κ2) is 7.97. The summed E-state index contributed by atoms with van der Waals surface area (Å²) in [7, 11) is 1.56.